The lowest BCUT2D eigenvalue weighted by atomic mass is 10.1. The lowest BCUT2D eigenvalue weighted by Gasteiger charge is -2.04. The molecule has 0 bridgehead atoms. The Morgan fingerprint density at radius 3 is 2.54 bits per heavy atom. The molecule has 1 heterocycles. The molecule has 1 aromatic carbocycles. The van der Waals surface area contributed by atoms with Gasteiger partial charge >= 0.3 is 0 Å². The summed E-state index contributed by atoms with van der Waals surface area (Å²) < 4.78 is 1.75. The number of carbonyl (C=O) groups excluding carboxylic acids is 1. The molecule has 0 atom stereocenters. The molecule has 0 aliphatic carbocycles. The molecule has 0 unspecified atom stereocenters. The molecule has 5 nitrogen and oxygen atoms in total. The van der Waals surface area contributed by atoms with Crippen LogP contribution in [-0.4, -0.2) is 27.6 Å². The van der Waals surface area contributed by atoms with Gasteiger partial charge in [-0.2, -0.15) is 5.26 Å². The van der Waals surface area contributed by atoms with Crippen LogP contribution in [0.2, 0.25) is 0 Å². The van der Waals surface area contributed by atoms with E-state index in [0.29, 0.717) is 18.1 Å². The van der Waals surface area contributed by atoms with Gasteiger partial charge in [-0.25, -0.2) is 0 Å². The highest BCUT2D eigenvalue weighted by atomic mass is 32.2. The number of rotatable bonds is 8. The Kier molecular flexibility index (Phi) is 7.56. The predicted octanol–water partition coefficient (Wildman–Crippen LogP) is 4.08. The van der Waals surface area contributed by atoms with E-state index in [9.17, 15) is 4.79 Å². The van der Waals surface area contributed by atoms with Crippen molar-refractivity contribution in [3.05, 3.63) is 29.8 Å². The summed E-state index contributed by atoms with van der Waals surface area (Å²) in [6.45, 7) is 4.34. The van der Waals surface area contributed by atoms with Crippen LogP contribution < -0.4 is 5.32 Å². The fourth-order valence-corrected chi connectivity index (χ4v) is 4.47. The molecular weight excluding hydrogens is 360 g/mol. The van der Waals surface area contributed by atoms with Gasteiger partial charge in [0.1, 0.15) is 0 Å². The van der Waals surface area contributed by atoms with Crippen molar-refractivity contribution in [2.45, 2.75) is 28.9 Å². The molecule has 0 fully saturated rings. The van der Waals surface area contributed by atoms with Crippen LogP contribution in [0.15, 0.2) is 32.9 Å². The maximum Gasteiger partial charge on any atom is 0.234 e. The molecule has 24 heavy (non-hydrogen) atoms. The zero-order valence-electron chi connectivity index (χ0n) is 13.5. The van der Waals surface area contributed by atoms with Crippen LogP contribution in [0.3, 0.4) is 0 Å². The summed E-state index contributed by atoms with van der Waals surface area (Å²) in [6, 6.07) is 9.39. The van der Waals surface area contributed by atoms with Gasteiger partial charge < -0.3 is 5.32 Å². The number of amides is 1. The van der Waals surface area contributed by atoms with E-state index in [4.69, 9.17) is 5.26 Å². The number of hydrogen-bond donors (Lipinski definition) is 1. The van der Waals surface area contributed by atoms with Crippen LogP contribution in [-0.2, 0) is 11.2 Å². The number of nitrogens with zero attached hydrogens (tertiary/aromatic N) is 3. The highest BCUT2D eigenvalue weighted by molar-refractivity contribution is 8.03. The van der Waals surface area contributed by atoms with Crippen LogP contribution in [0.4, 0.5) is 5.69 Å². The number of nitrogens with one attached hydrogen (secondary N) is 1. The first-order chi connectivity index (χ1) is 11.6. The van der Waals surface area contributed by atoms with E-state index in [0.717, 1.165) is 25.7 Å². The van der Waals surface area contributed by atoms with E-state index in [-0.39, 0.29) is 5.91 Å². The summed E-state index contributed by atoms with van der Waals surface area (Å²) in [4.78, 5) is 12.0. The van der Waals surface area contributed by atoms with Crippen molar-refractivity contribution in [2.75, 3.05) is 16.8 Å². The third kappa shape index (κ3) is 6.51. The maximum absolute atomic E-state index is 12.0. The number of benzene rings is 1. The second kappa shape index (κ2) is 9.67. The molecule has 0 saturated carbocycles. The minimum atomic E-state index is -0.0837. The summed E-state index contributed by atoms with van der Waals surface area (Å²) >= 11 is 4.61. The van der Waals surface area contributed by atoms with Crippen molar-refractivity contribution in [1.29, 1.82) is 5.26 Å². The molecule has 1 amide bonds. The number of anilines is 1. The smallest absolute Gasteiger partial charge is 0.234 e. The Morgan fingerprint density at radius 2 is 1.92 bits per heavy atom. The molecule has 0 aliphatic heterocycles. The van der Waals surface area contributed by atoms with Crippen molar-refractivity contribution >= 4 is 46.5 Å². The van der Waals surface area contributed by atoms with E-state index in [1.807, 2.05) is 12.1 Å². The number of nitriles is 1. The molecule has 0 saturated heterocycles. The molecule has 0 radical (unpaired) electrons. The highest BCUT2D eigenvalue weighted by Crippen LogP contribution is 2.29. The largest absolute Gasteiger partial charge is 0.325 e. The van der Waals surface area contributed by atoms with Crippen LogP contribution >= 0.6 is 34.9 Å². The highest BCUT2D eigenvalue weighted by Gasteiger charge is 2.09. The third-order valence-electron chi connectivity index (χ3n) is 2.78. The summed E-state index contributed by atoms with van der Waals surface area (Å²) in [5.74, 6) is 1.84. The standard InChI is InChI=1S/C16H18N4OS3/c1-11(2)9-22-15-19-20-16(24-15)23-10-14(21)18-13-5-3-12(4-6-13)7-8-17/h3-6,11H,7,9-10H2,1-2H3,(H,18,21). The van der Waals surface area contributed by atoms with Crippen LogP contribution in [0.1, 0.15) is 19.4 Å². The molecule has 1 N–H and O–H groups in total. The van der Waals surface area contributed by atoms with Crippen molar-refractivity contribution < 1.29 is 4.79 Å². The number of thioether (sulfide) groups is 2. The Labute approximate surface area is 154 Å². The topological polar surface area (TPSA) is 78.7 Å². The summed E-state index contributed by atoms with van der Waals surface area (Å²) in [7, 11) is 0. The normalized spacial score (nSPS) is 10.6. The van der Waals surface area contributed by atoms with Gasteiger partial charge in [-0.1, -0.05) is 60.8 Å². The van der Waals surface area contributed by atoms with Gasteiger partial charge in [0, 0.05) is 11.4 Å². The van der Waals surface area contributed by atoms with Gasteiger partial charge in [0.15, 0.2) is 8.68 Å². The minimum absolute atomic E-state index is 0.0837. The lowest BCUT2D eigenvalue weighted by molar-refractivity contribution is -0.113. The zero-order chi connectivity index (χ0) is 17.4. The molecule has 1 aromatic heterocycles. The van der Waals surface area contributed by atoms with Crippen molar-refractivity contribution in [1.82, 2.24) is 10.2 Å². The third-order valence-corrected chi connectivity index (χ3v) is 6.39. The summed E-state index contributed by atoms with van der Waals surface area (Å²) in [6.07, 6.45) is 0.373. The molecule has 2 rings (SSSR count). The quantitative estimate of drug-likeness (QED) is 0.697. The molecule has 8 heteroatoms. The molecule has 0 spiro atoms. The Bertz CT molecular complexity index is 707. The average Bonchev–Trinajstić information content (AvgIpc) is 3.01. The van der Waals surface area contributed by atoms with Crippen LogP contribution in [0, 0.1) is 17.2 Å². The minimum Gasteiger partial charge on any atom is -0.325 e. The molecule has 0 aliphatic rings. The Hall–Kier alpha value is -1.56. The Morgan fingerprint density at radius 1 is 1.25 bits per heavy atom. The SMILES string of the molecule is CC(C)CSc1nnc(SCC(=O)Nc2ccc(CC#N)cc2)s1. The number of hydrogen-bond acceptors (Lipinski definition) is 7. The molecule has 126 valence electrons. The fraction of sp³-hybridized carbons (Fsp3) is 0.375. The summed E-state index contributed by atoms with van der Waals surface area (Å²) in [5, 5.41) is 19.7. The Balaban J connectivity index is 1.77. The van der Waals surface area contributed by atoms with Gasteiger partial charge in [-0.15, -0.1) is 10.2 Å². The van der Waals surface area contributed by atoms with E-state index < -0.39 is 0 Å². The first-order valence-corrected chi connectivity index (χ1v) is 10.2. The number of carbonyl (C=O) groups is 1. The second-order valence-corrected chi connectivity index (χ2v) is 8.87. The average molecular weight is 379 g/mol. The van der Waals surface area contributed by atoms with Crippen molar-refractivity contribution in [3.63, 3.8) is 0 Å². The zero-order valence-corrected chi connectivity index (χ0v) is 15.9. The second-order valence-electron chi connectivity index (χ2n) is 5.41. The maximum atomic E-state index is 12.0. The van der Waals surface area contributed by atoms with Crippen molar-refractivity contribution in [3.8, 4) is 6.07 Å². The van der Waals surface area contributed by atoms with E-state index in [1.165, 1.54) is 23.1 Å². The first kappa shape index (κ1) is 18.8. The van der Waals surface area contributed by atoms with Crippen molar-refractivity contribution in [2.24, 2.45) is 5.92 Å². The van der Waals surface area contributed by atoms with Crippen LogP contribution in [0.25, 0.3) is 0 Å². The van der Waals surface area contributed by atoms with E-state index >= 15 is 0 Å². The first-order valence-electron chi connectivity index (χ1n) is 7.41. The van der Waals surface area contributed by atoms with E-state index in [1.54, 1.807) is 23.9 Å². The monoisotopic (exact) mass is 378 g/mol. The van der Waals surface area contributed by atoms with Gasteiger partial charge in [0.2, 0.25) is 5.91 Å². The molecule has 2 aromatic rings. The van der Waals surface area contributed by atoms with Gasteiger partial charge in [0.05, 0.1) is 18.2 Å². The van der Waals surface area contributed by atoms with Gasteiger partial charge in [-0.05, 0) is 23.6 Å². The fourth-order valence-electron chi connectivity index (χ4n) is 1.67. The van der Waals surface area contributed by atoms with Gasteiger partial charge in [0.25, 0.3) is 0 Å². The van der Waals surface area contributed by atoms with E-state index in [2.05, 4.69) is 35.4 Å². The lowest BCUT2D eigenvalue weighted by Crippen LogP contribution is -2.13. The van der Waals surface area contributed by atoms with Crippen LogP contribution in [0.5, 0.6) is 0 Å². The van der Waals surface area contributed by atoms with Gasteiger partial charge in [-0.3, -0.25) is 4.79 Å². The molecular formula is C16H18N4OS3. The number of aromatic nitrogens is 2. The predicted molar refractivity (Wildman–Crippen MR) is 101 cm³/mol. The summed E-state index contributed by atoms with van der Waals surface area (Å²) in [5.41, 5.74) is 1.66.